The van der Waals surface area contributed by atoms with Gasteiger partial charge < -0.3 is 25.8 Å². The molecule has 2 atom stereocenters. The van der Waals surface area contributed by atoms with E-state index in [2.05, 4.69) is 0 Å². The lowest BCUT2D eigenvalue weighted by molar-refractivity contribution is -0.144. The number of carboxylic acid groups (broad SMARTS) is 1. The molecule has 108 valence electrons. The van der Waals surface area contributed by atoms with Crippen LogP contribution in [0.15, 0.2) is 0 Å². The van der Waals surface area contributed by atoms with E-state index in [-0.39, 0.29) is 24.7 Å². The number of amides is 1. The van der Waals surface area contributed by atoms with E-state index in [0.717, 1.165) is 0 Å². The highest BCUT2D eigenvalue weighted by molar-refractivity contribution is 6.40. The number of nitrogens with two attached hydrogens (primary N) is 1. The topological polar surface area (TPSA) is 124 Å². The van der Waals surface area contributed by atoms with Gasteiger partial charge in [-0.05, 0) is 12.7 Å². The summed E-state index contributed by atoms with van der Waals surface area (Å²) >= 11 is 0. The molecule has 19 heavy (non-hydrogen) atoms. The summed E-state index contributed by atoms with van der Waals surface area (Å²) < 4.78 is 0. The van der Waals surface area contributed by atoms with Crippen LogP contribution in [-0.2, 0) is 9.59 Å². The van der Waals surface area contributed by atoms with Gasteiger partial charge in [0.05, 0.1) is 0 Å². The van der Waals surface area contributed by atoms with Gasteiger partial charge in [0.25, 0.3) is 0 Å². The molecule has 1 heterocycles. The molecule has 0 saturated carbocycles. The highest BCUT2D eigenvalue weighted by atomic mass is 16.4. The first-order valence-corrected chi connectivity index (χ1v) is 6.47. The van der Waals surface area contributed by atoms with Crippen molar-refractivity contribution in [2.45, 2.75) is 38.0 Å². The Kier molecular flexibility index (Phi) is 5.33. The van der Waals surface area contributed by atoms with Gasteiger partial charge in [-0.3, -0.25) is 9.59 Å². The maximum Gasteiger partial charge on any atom is 0.451 e. The van der Waals surface area contributed by atoms with Crippen LogP contribution in [0.25, 0.3) is 0 Å². The zero-order chi connectivity index (χ0) is 14.6. The van der Waals surface area contributed by atoms with Crippen molar-refractivity contribution in [1.82, 2.24) is 4.90 Å². The van der Waals surface area contributed by atoms with Crippen LogP contribution in [-0.4, -0.2) is 57.7 Å². The molecule has 5 N–H and O–H groups in total. The van der Waals surface area contributed by atoms with Crippen molar-refractivity contribution in [3.05, 3.63) is 0 Å². The van der Waals surface area contributed by atoms with Gasteiger partial charge in [-0.25, -0.2) is 0 Å². The Morgan fingerprint density at radius 3 is 2.58 bits per heavy atom. The summed E-state index contributed by atoms with van der Waals surface area (Å²) in [6, 6.07) is 0. The van der Waals surface area contributed by atoms with E-state index >= 15 is 0 Å². The molecule has 1 fully saturated rings. The van der Waals surface area contributed by atoms with E-state index in [9.17, 15) is 14.7 Å². The first-order valence-electron chi connectivity index (χ1n) is 6.47. The van der Waals surface area contributed by atoms with Gasteiger partial charge in [0.2, 0.25) is 5.91 Å². The summed E-state index contributed by atoms with van der Waals surface area (Å²) in [6.07, 6.45) is 1.41. The fourth-order valence-electron chi connectivity index (χ4n) is 2.49. The van der Waals surface area contributed by atoms with E-state index in [1.54, 1.807) is 6.92 Å². The number of carboxylic acids is 1. The van der Waals surface area contributed by atoms with Crippen LogP contribution in [0.2, 0.25) is 6.32 Å². The lowest BCUT2D eigenvalue weighted by Gasteiger charge is -2.25. The van der Waals surface area contributed by atoms with Crippen molar-refractivity contribution in [1.29, 1.82) is 0 Å². The molecule has 1 amide bonds. The van der Waals surface area contributed by atoms with E-state index in [1.165, 1.54) is 4.90 Å². The number of rotatable bonds is 6. The molecule has 1 saturated heterocycles. The quantitative estimate of drug-likeness (QED) is 0.454. The van der Waals surface area contributed by atoms with Crippen molar-refractivity contribution >= 4 is 19.0 Å². The molecule has 0 radical (unpaired) electrons. The Balaban J connectivity index is 2.70. The van der Waals surface area contributed by atoms with Gasteiger partial charge in [-0.2, -0.15) is 0 Å². The number of hydrogen-bond acceptors (Lipinski definition) is 5. The monoisotopic (exact) mass is 272 g/mol. The summed E-state index contributed by atoms with van der Waals surface area (Å²) in [5.41, 5.74) is 4.49. The molecule has 8 heteroatoms. The number of likely N-dealkylation sites (tertiary alicyclic amines) is 1. The largest absolute Gasteiger partial charge is 0.480 e. The third-order valence-electron chi connectivity index (χ3n) is 3.69. The van der Waals surface area contributed by atoms with Crippen LogP contribution < -0.4 is 5.73 Å². The fourth-order valence-corrected chi connectivity index (χ4v) is 2.49. The summed E-state index contributed by atoms with van der Waals surface area (Å²) in [7, 11) is -1.40. The second-order valence-electron chi connectivity index (χ2n) is 5.08. The van der Waals surface area contributed by atoms with Gasteiger partial charge in [0.15, 0.2) is 0 Å². The van der Waals surface area contributed by atoms with Crippen LogP contribution in [0.3, 0.4) is 0 Å². The zero-order valence-electron chi connectivity index (χ0n) is 11.1. The first kappa shape index (κ1) is 15.9. The summed E-state index contributed by atoms with van der Waals surface area (Å²) in [5.74, 6) is -1.59. The molecular weight excluding hydrogens is 251 g/mol. The number of nitrogens with zero attached hydrogens (tertiary/aromatic N) is 1. The van der Waals surface area contributed by atoms with Crippen LogP contribution in [0.1, 0.15) is 26.2 Å². The molecule has 7 nitrogen and oxygen atoms in total. The summed E-state index contributed by atoms with van der Waals surface area (Å²) in [5, 5.41) is 26.8. The highest BCUT2D eigenvalue weighted by Crippen LogP contribution is 2.30. The van der Waals surface area contributed by atoms with Crippen molar-refractivity contribution in [3.63, 3.8) is 0 Å². The lowest BCUT2D eigenvalue weighted by atomic mass is 9.78. The maximum atomic E-state index is 11.6. The third kappa shape index (κ3) is 3.68. The standard InChI is InChI=1S/C11H21BN2O5/c1-2-9(15)14-6-8(4-3-5-12(18)19)11(13,7-14)10(16)17/h8,18-19H,2-7,13H2,1H3,(H,16,17)/t8-,11-/m0/s1. The second kappa shape index (κ2) is 6.36. The molecule has 0 spiro atoms. The smallest absolute Gasteiger partial charge is 0.451 e. The Morgan fingerprint density at radius 2 is 2.11 bits per heavy atom. The normalized spacial score (nSPS) is 26.5. The van der Waals surface area contributed by atoms with Crippen molar-refractivity contribution in [3.8, 4) is 0 Å². The number of hydrogen-bond donors (Lipinski definition) is 4. The van der Waals surface area contributed by atoms with Gasteiger partial charge >= 0.3 is 13.1 Å². The van der Waals surface area contributed by atoms with Crippen LogP contribution in [0.4, 0.5) is 0 Å². The molecule has 0 aromatic heterocycles. The Morgan fingerprint density at radius 1 is 1.47 bits per heavy atom. The van der Waals surface area contributed by atoms with Gasteiger partial charge in [0.1, 0.15) is 5.54 Å². The summed E-state index contributed by atoms with van der Waals surface area (Å²) in [4.78, 5) is 24.5. The number of aliphatic carboxylic acids is 1. The summed E-state index contributed by atoms with van der Waals surface area (Å²) in [6.45, 7) is 2.05. The zero-order valence-corrected chi connectivity index (χ0v) is 11.1. The van der Waals surface area contributed by atoms with Crippen molar-refractivity contribution < 1.29 is 24.7 Å². The molecule has 1 rings (SSSR count). The van der Waals surface area contributed by atoms with E-state index in [0.29, 0.717) is 25.8 Å². The minimum absolute atomic E-state index is 0.0152. The molecule has 0 bridgehead atoms. The number of carbonyl (C=O) groups excluding carboxylic acids is 1. The SMILES string of the molecule is CCC(=O)N1C[C@H](CCCB(O)O)[C@](N)(C(=O)O)C1. The predicted octanol–water partition coefficient (Wildman–Crippen LogP) is -1.11. The highest BCUT2D eigenvalue weighted by Gasteiger charge is 2.50. The average Bonchev–Trinajstić information content (AvgIpc) is 2.67. The van der Waals surface area contributed by atoms with E-state index < -0.39 is 18.6 Å². The van der Waals surface area contributed by atoms with Gasteiger partial charge in [-0.15, -0.1) is 0 Å². The molecule has 0 aromatic carbocycles. The minimum Gasteiger partial charge on any atom is -0.480 e. The second-order valence-corrected chi connectivity index (χ2v) is 5.08. The third-order valence-corrected chi connectivity index (χ3v) is 3.69. The van der Waals surface area contributed by atoms with E-state index in [4.69, 9.17) is 15.8 Å². The Labute approximate surface area is 112 Å². The van der Waals surface area contributed by atoms with Crippen LogP contribution in [0.5, 0.6) is 0 Å². The van der Waals surface area contributed by atoms with Crippen molar-refractivity contribution in [2.24, 2.45) is 11.7 Å². The maximum absolute atomic E-state index is 11.6. The molecule has 0 unspecified atom stereocenters. The molecule has 0 aliphatic carbocycles. The fraction of sp³-hybridized carbons (Fsp3) is 0.818. The Bertz CT molecular complexity index is 352. The van der Waals surface area contributed by atoms with Crippen molar-refractivity contribution in [2.75, 3.05) is 13.1 Å². The average molecular weight is 272 g/mol. The minimum atomic E-state index is -1.44. The lowest BCUT2D eigenvalue weighted by Crippen LogP contribution is -2.55. The van der Waals surface area contributed by atoms with Crippen LogP contribution in [0, 0.1) is 5.92 Å². The Hall–Kier alpha value is -1.12. The molecule has 1 aliphatic rings. The van der Waals surface area contributed by atoms with Gasteiger partial charge in [0, 0.05) is 25.4 Å². The van der Waals surface area contributed by atoms with E-state index in [1.807, 2.05) is 0 Å². The first-order chi connectivity index (χ1) is 8.81. The molecular formula is C11H21BN2O5. The van der Waals surface area contributed by atoms with Gasteiger partial charge in [-0.1, -0.05) is 13.3 Å². The number of carbonyl (C=O) groups is 2. The predicted molar refractivity (Wildman–Crippen MR) is 69.1 cm³/mol. The van der Waals surface area contributed by atoms with Crippen LogP contribution >= 0.6 is 0 Å². The molecule has 0 aromatic rings. The molecule has 1 aliphatic heterocycles.